The molecule has 3 aromatic rings. The Balaban J connectivity index is 1.31. The third-order valence-corrected chi connectivity index (χ3v) is 7.35. The van der Waals surface area contributed by atoms with Crippen LogP contribution in [-0.2, 0) is 6.54 Å². The van der Waals surface area contributed by atoms with Crippen LogP contribution in [0.3, 0.4) is 0 Å². The van der Waals surface area contributed by atoms with Gasteiger partial charge in [0, 0.05) is 66.9 Å². The maximum Gasteiger partial charge on any atom is 0.200 e. The van der Waals surface area contributed by atoms with E-state index >= 15 is 0 Å². The van der Waals surface area contributed by atoms with Gasteiger partial charge in [0.15, 0.2) is 0 Å². The Morgan fingerprint density at radius 3 is 2.56 bits per heavy atom. The lowest BCUT2D eigenvalue weighted by molar-refractivity contribution is -0.150. The van der Waals surface area contributed by atoms with Crippen LogP contribution in [0.25, 0.3) is 0 Å². The van der Waals surface area contributed by atoms with E-state index in [1.54, 1.807) is 0 Å². The smallest absolute Gasteiger partial charge is 0.200 e. The summed E-state index contributed by atoms with van der Waals surface area (Å²) >= 11 is 3.65. The van der Waals surface area contributed by atoms with Crippen LogP contribution in [0.1, 0.15) is 42.0 Å². The number of fused-ring (bicyclic) bond motifs is 4. The summed E-state index contributed by atoms with van der Waals surface area (Å²) in [4.78, 5) is 6.70. The van der Waals surface area contributed by atoms with Crippen LogP contribution in [0.2, 0.25) is 0 Å². The van der Waals surface area contributed by atoms with Crippen molar-refractivity contribution in [1.29, 1.82) is 0 Å². The zero-order valence-corrected chi connectivity index (χ0v) is 19.4. The lowest BCUT2D eigenvalue weighted by Crippen LogP contribution is -2.59. The fourth-order valence-corrected chi connectivity index (χ4v) is 5.58. The zero-order chi connectivity index (χ0) is 21.5. The molecule has 2 aromatic carbocycles. The van der Waals surface area contributed by atoms with Crippen LogP contribution in [0.4, 0.5) is 0 Å². The number of pyridine rings is 1. The molecule has 3 aliphatic rings. The van der Waals surface area contributed by atoms with E-state index in [2.05, 4.69) is 91.5 Å². The van der Waals surface area contributed by atoms with E-state index in [4.69, 9.17) is 9.84 Å². The molecule has 3 aliphatic heterocycles. The zero-order valence-electron chi connectivity index (χ0n) is 17.8. The number of benzene rings is 2. The molecular formula is C26H25BrN4O. The summed E-state index contributed by atoms with van der Waals surface area (Å²) in [6.07, 6.45) is 6.42. The van der Waals surface area contributed by atoms with Crippen molar-refractivity contribution in [3.8, 4) is 5.75 Å². The molecule has 5 nitrogen and oxygen atoms in total. The number of rotatable bonds is 3. The second kappa shape index (κ2) is 8.01. The molecule has 4 heterocycles. The maximum atomic E-state index is 6.77. The highest BCUT2D eigenvalue weighted by atomic mass is 79.9. The highest BCUT2D eigenvalue weighted by Gasteiger charge is 2.51. The monoisotopic (exact) mass is 488 g/mol. The molecule has 1 spiro atoms. The highest BCUT2D eigenvalue weighted by molar-refractivity contribution is 9.10. The second-order valence-corrected chi connectivity index (χ2v) is 9.75. The number of halogens is 1. The third-order valence-electron chi connectivity index (χ3n) is 6.86. The molecule has 0 bridgehead atoms. The summed E-state index contributed by atoms with van der Waals surface area (Å²) in [7, 11) is 0. The van der Waals surface area contributed by atoms with E-state index < -0.39 is 5.72 Å². The largest absolute Gasteiger partial charge is 0.466 e. The molecule has 1 aromatic heterocycles. The van der Waals surface area contributed by atoms with Gasteiger partial charge in [0.2, 0.25) is 5.72 Å². The molecule has 6 heteroatoms. The van der Waals surface area contributed by atoms with Crippen molar-refractivity contribution in [1.82, 2.24) is 14.9 Å². The summed E-state index contributed by atoms with van der Waals surface area (Å²) in [5.41, 5.74) is 4.43. The Labute approximate surface area is 196 Å². The summed E-state index contributed by atoms with van der Waals surface area (Å²) in [5.74, 6) is 0.997. The Hall–Kier alpha value is -2.70. The van der Waals surface area contributed by atoms with Gasteiger partial charge >= 0.3 is 0 Å². The molecule has 1 fully saturated rings. The van der Waals surface area contributed by atoms with Gasteiger partial charge in [0.1, 0.15) is 5.75 Å². The Morgan fingerprint density at radius 2 is 1.78 bits per heavy atom. The molecule has 0 unspecified atom stereocenters. The van der Waals surface area contributed by atoms with Crippen molar-refractivity contribution in [3.63, 3.8) is 0 Å². The second-order valence-electron chi connectivity index (χ2n) is 8.84. The molecule has 0 N–H and O–H groups in total. The Morgan fingerprint density at radius 1 is 1.00 bits per heavy atom. The highest BCUT2D eigenvalue weighted by Crippen LogP contribution is 2.50. The van der Waals surface area contributed by atoms with E-state index in [-0.39, 0.29) is 6.04 Å². The molecule has 32 heavy (non-hydrogen) atoms. The molecular weight excluding hydrogens is 464 g/mol. The number of nitrogens with zero attached hydrogens (tertiary/aromatic N) is 4. The third kappa shape index (κ3) is 3.51. The minimum atomic E-state index is -0.395. The van der Waals surface area contributed by atoms with Crippen molar-refractivity contribution in [3.05, 3.63) is 94.2 Å². The Bertz CT molecular complexity index is 1140. The minimum Gasteiger partial charge on any atom is -0.466 e. The summed E-state index contributed by atoms with van der Waals surface area (Å²) in [6.45, 7) is 2.96. The van der Waals surface area contributed by atoms with Crippen LogP contribution < -0.4 is 4.74 Å². The number of likely N-dealkylation sites (tertiary alicyclic amines) is 1. The van der Waals surface area contributed by atoms with Crippen LogP contribution in [0.5, 0.6) is 5.75 Å². The fourth-order valence-electron chi connectivity index (χ4n) is 5.20. The molecule has 1 atom stereocenters. The van der Waals surface area contributed by atoms with Crippen molar-refractivity contribution in [2.45, 2.75) is 37.6 Å². The van der Waals surface area contributed by atoms with Crippen molar-refractivity contribution < 1.29 is 4.74 Å². The molecule has 162 valence electrons. The number of hydrazone groups is 1. The average molecular weight is 489 g/mol. The number of aromatic nitrogens is 1. The number of piperidine rings is 1. The van der Waals surface area contributed by atoms with Gasteiger partial charge in [0.25, 0.3) is 0 Å². The lowest BCUT2D eigenvalue weighted by Gasteiger charge is -2.51. The van der Waals surface area contributed by atoms with Crippen LogP contribution in [0.15, 0.2) is 82.6 Å². The van der Waals surface area contributed by atoms with Crippen molar-refractivity contribution >= 4 is 21.6 Å². The summed E-state index contributed by atoms with van der Waals surface area (Å²) < 4.78 is 7.85. The fraction of sp³-hybridized carbons (Fsp3) is 0.308. The summed E-state index contributed by atoms with van der Waals surface area (Å²) in [6, 6.07) is 21.4. The van der Waals surface area contributed by atoms with E-state index in [1.165, 1.54) is 11.1 Å². The van der Waals surface area contributed by atoms with Crippen LogP contribution in [0, 0.1) is 0 Å². The number of ether oxygens (including phenoxy) is 1. The van der Waals surface area contributed by atoms with Gasteiger partial charge in [-0.15, -0.1) is 0 Å². The maximum absolute atomic E-state index is 6.77. The lowest BCUT2D eigenvalue weighted by atomic mass is 9.90. The molecule has 0 radical (unpaired) electrons. The van der Waals surface area contributed by atoms with Gasteiger partial charge in [-0.25, -0.2) is 5.01 Å². The van der Waals surface area contributed by atoms with Crippen LogP contribution in [-0.4, -0.2) is 39.4 Å². The van der Waals surface area contributed by atoms with Gasteiger partial charge in [-0.3, -0.25) is 9.88 Å². The van der Waals surface area contributed by atoms with Gasteiger partial charge < -0.3 is 4.74 Å². The van der Waals surface area contributed by atoms with Gasteiger partial charge in [-0.1, -0.05) is 46.3 Å². The molecule has 1 saturated heterocycles. The summed E-state index contributed by atoms with van der Waals surface area (Å²) in [5, 5.41) is 7.43. The topological polar surface area (TPSA) is 41.0 Å². The first kappa shape index (κ1) is 19.9. The van der Waals surface area contributed by atoms with Gasteiger partial charge in [0.05, 0.1) is 11.8 Å². The van der Waals surface area contributed by atoms with Gasteiger partial charge in [-0.2, -0.15) is 5.10 Å². The number of hydrogen-bond acceptors (Lipinski definition) is 5. The molecule has 0 aliphatic carbocycles. The Kier molecular flexibility index (Phi) is 5.00. The van der Waals surface area contributed by atoms with E-state index in [9.17, 15) is 0 Å². The SMILES string of the molecule is Brc1ccc2c(c1)[C@H]1CC(c3ccncc3)=NN1C1(CCN(Cc3ccccc3)CC1)O2. The average Bonchev–Trinajstić information content (AvgIpc) is 3.30. The van der Waals surface area contributed by atoms with Crippen LogP contribution >= 0.6 is 15.9 Å². The first-order valence-corrected chi connectivity index (χ1v) is 12.0. The predicted octanol–water partition coefficient (Wildman–Crippen LogP) is 5.38. The molecule has 6 rings (SSSR count). The van der Waals surface area contributed by atoms with Crippen molar-refractivity contribution in [2.24, 2.45) is 5.10 Å². The molecule has 0 saturated carbocycles. The van der Waals surface area contributed by atoms with E-state index in [1.807, 2.05) is 12.4 Å². The molecule has 0 amide bonds. The minimum absolute atomic E-state index is 0.195. The number of hydrogen-bond donors (Lipinski definition) is 0. The first-order valence-electron chi connectivity index (χ1n) is 11.2. The van der Waals surface area contributed by atoms with E-state index in [0.29, 0.717) is 0 Å². The van der Waals surface area contributed by atoms with Crippen molar-refractivity contribution in [2.75, 3.05) is 13.1 Å². The normalized spacial score (nSPS) is 21.6. The first-order chi connectivity index (χ1) is 15.7. The standard InChI is InChI=1S/C26H25BrN4O/c27-21-6-7-25-22(16-21)24-17-23(20-8-12-28-13-9-20)29-31(24)26(32-25)10-14-30(15-11-26)18-19-4-2-1-3-5-19/h1-9,12-13,16,24H,10-11,14-15,17-18H2/t24-/m1/s1. The quantitative estimate of drug-likeness (QED) is 0.496. The van der Waals surface area contributed by atoms with Gasteiger partial charge in [-0.05, 0) is 35.9 Å². The van der Waals surface area contributed by atoms with E-state index in [0.717, 1.165) is 60.4 Å². The predicted molar refractivity (Wildman–Crippen MR) is 128 cm³/mol.